The van der Waals surface area contributed by atoms with Crippen LogP contribution in [0.15, 0.2) is 56.8 Å². The predicted molar refractivity (Wildman–Crippen MR) is 116 cm³/mol. The van der Waals surface area contributed by atoms with E-state index in [1.165, 1.54) is 18.2 Å². The van der Waals surface area contributed by atoms with E-state index in [4.69, 9.17) is 13.7 Å². The molecule has 1 aromatic carbocycles. The van der Waals surface area contributed by atoms with Gasteiger partial charge in [0, 0.05) is 13.1 Å². The zero-order valence-electron chi connectivity index (χ0n) is 17.1. The van der Waals surface area contributed by atoms with Crippen LogP contribution in [0.1, 0.15) is 25.1 Å². The van der Waals surface area contributed by atoms with Gasteiger partial charge in [-0.05, 0) is 43.5 Å². The van der Waals surface area contributed by atoms with Crippen LogP contribution < -0.4 is 9.64 Å². The van der Waals surface area contributed by atoms with E-state index in [1.54, 1.807) is 25.5 Å². The third-order valence-electron chi connectivity index (χ3n) is 5.11. The fourth-order valence-corrected chi connectivity index (χ4v) is 4.40. The Kier molecular flexibility index (Phi) is 5.61. The highest BCUT2D eigenvalue weighted by Gasteiger charge is 2.24. The minimum atomic E-state index is 0.362. The lowest BCUT2D eigenvalue weighted by Gasteiger charge is -2.28. The van der Waals surface area contributed by atoms with E-state index in [1.807, 2.05) is 24.3 Å². The molecule has 10 heteroatoms. The molecule has 160 valence electrons. The third kappa shape index (κ3) is 4.02. The van der Waals surface area contributed by atoms with Crippen molar-refractivity contribution >= 4 is 17.7 Å². The molecule has 0 aliphatic carbocycles. The lowest BCUT2D eigenvalue weighted by Crippen LogP contribution is -2.31. The molecule has 4 aromatic rings. The number of nitrogens with zero attached hydrogens (tertiary/aromatic N) is 6. The van der Waals surface area contributed by atoms with E-state index in [2.05, 4.69) is 29.8 Å². The Bertz CT molecular complexity index is 1130. The Labute approximate surface area is 183 Å². The number of hydrogen-bond acceptors (Lipinski definition) is 9. The van der Waals surface area contributed by atoms with Gasteiger partial charge in [-0.2, -0.15) is 4.98 Å². The van der Waals surface area contributed by atoms with Crippen molar-refractivity contribution in [2.45, 2.75) is 30.2 Å². The first-order valence-electron chi connectivity index (χ1n) is 10.2. The fourth-order valence-electron chi connectivity index (χ4n) is 3.62. The molecular formula is C21H22N6O3S. The molecule has 1 aliphatic heterocycles. The molecule has 1 fully saturated rings. The molecule has 31 heavy (non-hydrogen) atoms. The smallest absolute Gasteiger partial charge is 0.293 e. The van der Waals surface area contributed by atoms with E-state index in [9.17, 15) is 0 Å². The van der Waals surface area contributed by atoms with Crippen LogP contribution in [0.2, 0.25) is 0 Å². The number of furan rings is 1. The minimum absolute atomic E-state index is 0.362. The number of rotatable bonds is 7. The number of methoxy groups -OCH3 is 1. The average Bonchev–Trinajstić information content (AvgIpc) is 3.58. The van der Waals surface area contributed by atoms with Gasteiger partial charge in [-0.25, -0.2) is 0 Å². The highest BCUT2D eigenvalue weighted by Crippen LogP contribution is 2.33. The van der Waals surface area contributed by atoms with Crippen molar-refractivity contribution in [3.63, 3.8) is 0 Å². The molecule has 1 saturated heterocycles. The van der Waals surface area contributed by atoms with Crippen molar-refractivity contribution in [1.29, 1.82) is 0 Å². The topological polar surface area (TPSA) is 95.2 Å². The van der Waals surface area contributed by atoms with Gasteiger partial charge in [-0.3, -0.25) is 4.57 Å². The number of para-hydroxylation sites is 2. The van der Waals surface area contributed by atoms with Crippen LogP contribution in [-0.4, -0.2) is 45.1 Å². The number of thioether (sulfide) groups is 1. The summed E-state index contributed by atoms with van der Waals surface area (Å²) in [4.78, 5) is 6.70. The van der Waals surface area contributed by atoms with Crippen molar-refractivity contribution in [3.8, 4) is 23.1 Å². The van der Waals surface area contributed by atoms with Crippen LogP contribution in [0.5, 0.6) is 5.75 Å². The number of benzene rings is 1. The van der Waals surface area contributed by atoms with Crippen molar-refractivity contribution in [3.05, 3.63) is 48.5 Å². The standard InChI is InChI=1S/C21H22N6O3S/c1-28-16-9-4-3-8-15(16)27-20(26-11-5-2-6-12-26)23-24-21(27)31-14-18-22-19(30-25-18)17-10-7-13-29-17/h3-4,7-10,13H,2,5-6,11-12,14H2,1H3. The van der Waals surface area contributed by atoms with Crippen LogP contribution in [-0.2, 0) is 5.75 Å². The zero-order valence-corrected chi connectivity index (χ0v) is 17.9. The van der Waals surface area contributed by atoms with Gasteiger partial charge in [-0.15, -0.1) is 10.2 Å². The van der Waals surface area contributed by atoms with Crippen LogP contribution in [0, 0.1) is 0 Å². The maximum absolute atomic E-state index is 5.62. The molecular weight excluding hydrogens is 416 g/mol. The van der Waals surface area contributed by atoms with Gasteiger partial charge in [0.2, 0.25) is 5.95 Å². The van der Waals surface area contributed by atoms with Gasteiger partial charge in [0.05, 0.1) is 24.8 Å². The van der Waals surface area contributed by atoms with E-state index in [0.717, 1.165) is 48.5 Å². The SMILES string of the molecule is COc1ccccc1-n1c(SCc2noc(-c3ccco3)n2)nnc1N1CCCCC1. The first kappa shape index (κ1) is 19.7. The molecule has 0 unspecified atom stereocenters. The molecule has 4 heterocycles. The lowest BCUT2D eigenvalue weighted by atomic mass is 10.1. The summed E-state index contributed by atoms with van der Waals surface area (Å²) < 4.78 is 18.3. The summed E-state index contributed by atoms with van der Waals surface area (Å²) >= 11 is 1.50. The van der Waals surface area contributed by atoms with Crippen LogP contribution in [0.25, 0.3) is 17.3 Å². The summed E-state index contributed by atoms with van der Waals surface area (Å²) in [7, 11) is 1.67. The van der Waals surface area contributed by atoms with Crippen molar-refractivity contribution < 1.29 is 13.7 Å². The van der Waals surface area contributed by atoms with Gasteiger partial charge in [0.1, 0.15) is 5.75 Å². The Morgan fingerprint density at radius 1 is 1.06 bits per heavy atom. The first-order valence-corrected chi connectivity index (χ1v) is 11.1. The maximum atomic E-state index is 5.62. The molecule has 0 saturated carbocycles. The Hall–Kier alpha value is -3.27. The van der Waals surface area contributed by atoms with Crippen molar-refractivity contribution in [2.24, 2.45) is 0 Å². The maximum Gasteiger partial charge on any atom is 0.293 e. The van der Waals surface area contributed by atoms with E-state index >= 15 is 0 Å². The molecule has 0 amide bonds. The highest BCUT2D eigenvalue weighted by molar-refractivity contribution is 7.98. The van der Waals surface area contributed by atoms with Gasteiger partial charge in [-0.1, -0.05) is 29.1 Å². The third-order valence-corrected chi connectivity index (χ3v) is 6.04. The second-order valence-corrected chi connectivity index (χ2v) is 8.06. The fraction of sp³-hybridized carbons (Fsp3) is 0.333. The van der Waals surface area contributed by atoms with Gasteiger partial charge in [0.15, 0.2) is 16.7 Å². The number of hydrogen-bond donors (Lipinski definition) is 0. The van der Waals surface area contributed by atoms with Crippen LogP contribution >= 0.6 is 11.8 Å². The summed E-state index contributed by atoms with van der Waals surface area (Å²) in [5.41, 5.74) is 0.905. The van der Waals surface area contributed by atoms with Crippen molar-refractivity contribution in [1.82, 2.24) is 24.9 Å². The molecule has 9 nitrogen and oxygen atoms in total. The summed E-state index contributed by atoms with van der Waals surface area (Å²) in [5.74, 6) is 3.55. The van der Waals surface area contributed by atoms with Gasteiger partial charge >= 0.3 is 0 Å². The summed E-state index contributed by atoms with van der Waals surface area (Å²) in [6.45, 7) is 1.94. The van der Waals surface area contributed by atoms with Crippen LogP contribution in [0.3, 0.4) is 0 Å². The Morgan fingerprint density at radius 3 is 2.74 bits per heavy atom. The Balaban J connectivity index is 1.45. The van der Waals surface area contributed by atoms with Gasteiger partial charge in [0.25, 0.3) is 5.89 Å². The molecule has 3 aromatic heterocycles. The molecule has 0 spiro atoms. The summed E-state index contributed by atoms with van der Waals surface area (Å²) in [6.07, 6.45) is 5.13. The zero-order chi connectivity index (χ0) is 21.0. The molecule has 0 N–H and O–H groups in total. The number of piperidine rings is 1. The van der Waals surface area contributed by atoms with E-state index in [-0.39, 0.29) is 0 Å². The van der Waals surface area contributed by atoms with E-state index < -0.39 is 0 Å². The molecule has 0 atom stereocenters. The largest absolute Gasteiger partial charge is 0.495 e. The predicted octanol–water partition coefficient (Wildman–Crippen LogP) is 4.20. The quantitative estimate of drug-likeness (QED) is 0.393. The number of ether oxygens (including phenoxy) is 1. The van der Waals surface area contributed by atoms with E-state index in [0.29, 0.717) is 23.2 Å². The normalized spacial score (nSPS) is 14.2. The lowest BCUT2D eigenvalue weighted by molar-refractivity contribution is 0.411. The highest BCUT2D eigenvalue weighted by atomic mass is 32.2. The molecule has 0 bridgehead atoms. The second-order valence-electron chi connectivity index (χ2n) is 7.12. The first-order chi connectivity index (χ1) is 15.3. The Morgan fingerprint density at radius 2 is 1.94 bits per heavy atom. The van der Waals surface area contributed by atoms with Crippen LogP contribution in [0.4, 0.5) is 5.95 Å². The summed E-state index contributed by atoms with van der Waals surface area (Å²) in [5, 5.41) is 13.8. The molecule has 0 radical (unpaired) electrons. The minimum Gasteiger partial charge on any atom is -0.495 e. The molecule has 5 rings (SSSR count). The number of anilines is 1. The average molecular weight is 439 g/mol. The van der Waals surface area contributed by atoms with Crippen molar-refractivity contribution in [2.75, 3.05) is 25.1 Å². The summed E-state index contributed by atoms with van der Waals surface area (Å²) in [6, 6.07) is 11.5. The monoisotopic (exact) mass is 438 g/mol. The number of aromatic nitrogens is 5. The van der Waals surface area contributed by atoms with Gasteiger partial charge < -0.3 is 18.6 Å². The second kappa shape index (κ2) is 8.84. The molecule has 1 aliphatic rings.